The van der Waals surface area contributed by atoms with E-state index in [1.165, 1.54) is 0 Å². The highest BCUT2D eigenvalue weighted by Gasteiger charge is 2.46. The fourth-order valence-corrected chi connectivity index (χ4v) is 20.3. The third-order valence-corrected chi connectivity index (χ3v) is 15.8. The smallest absolute Gasteiger partial charge is 0.389 e. The van der Waals surface area contributed by atoms with Gasteiger partial charge in [0.15, 0.2) is 16.6 Å². The fourth-order valence-electron chi connectivity index (χ4n) is 2.42. The van der Waals surface area contributed by atoms with Crippen LogP contribution in [0, 0.1) is 0 Å². The monoisotopic (exact) mass is 488 g/mol. The summed E-state index contributed by atoms with van der Waals surface area (Å²) in [5, 5.41) is 0. The lowest BCUT2D eigenvalue weighted by molar-refractivity contribution is -0.131. The van der Waals surface area contributed by atoms with Gasteiger partial charge < -0.3 is 12.3 Å². The summed E-state index contributed by atoms with van der Waals surface area (Å²) in [5.41, 5.74) is 0. The molecule has 0 aliphatic carbocycles. The molecule has 1 atom stereocenters. The predicted molar refractivity (Wildman–Crippen MR) is 135 cm³/mol. The van der Waals surface area contributed by atoms with E-state index in [1.807, 2.05) is 32.7 Å². The Labute approximate surface area is 181 Å². The summed E-state index contributed by atoms with van der Waals surface area (Å²) < 4.78 is 56.3. The Morgan fingerprint density at radius 2 is 0.893 bits per heavy atom. The summed E-state index contributed by atoms with van der Waals surface area (Å²) in [4.78, 5) is 0. The van der Waals surface area contributed by atoms with Gasteiger partial charge in [0.05, 0.1) is 0 Å². The molecule has 28 heavy (non-hydrogen) atoms. The first-order chi connectivity index (χ1) is 9.33. The zero-order chi connectivity index (χ0) is 18.0. The van der Waals surface area contributed by atoms with Crippen LogP contribution in [0.25, 0.3) is 0 Å². The van der Waals surface area contributed by atoms with Crippen LogP contribution >= 0.6 is 0 Å². The van der Waals surface area contributed by atoms with Gasteiger partial charge in [0.1, 0.15) is 0 Å². The number of hydrogen-bond donors (Lipinski definition) is 0. The Morgan fingerprint density at radius 1 is 0.571 bits per heavy atom. The van der Waals surface area contributed by atoms with Crippen molar-refractivity contribution in [1.29, 1.82) is 0 Å². The molecule has 0 spiro atoms. The largest absolute Gasteiger partial charge is 0.437 e. The highest BCUT2D eigenvalue weighted by molar-refractivity contribution is 6.89. The number of hydrogen-bond acceptors (Lipinski definition) is 3. The number of halogens is 3. The summed E-state index contributed by atoms with van der Waals surface area (Å²) in [6.45, 7) is 17.6. The molecule has 182 valence electrons. The van der Waals surface area contributed by atoms with Gasteiger partial charge in [-0.2, -0.15) is 13.2 Å². The minimum absolute atomic E-state index is 0. The van der Waals surface area contributed by atoms with Crippen LogP contribution in [0.15, 0.2) is 0 Å². The summed E-state index contributed by atoms with van der Waals surface area (Å²) >= 11 is 0. The van der Waals surface area contributed by atoms with Crippen LogP contribution in [0.2, 0.25) is 65.0 Å². The van der Waals surface area contributed by atoms with Gasteiger partial charge in [0, 0.05) is 6.42 Å². The van der Waals surface area contributed by atoms with Gasteiger partial charge in [-0.3, -0.25) is 0 Å². The van der Waals surface area contributed by atoms with Gasteiger partial charge in [0.2, 0.25) is 0 Å². The Balaban J connectivity index is -0.000000147. The fraction of sp³-hybridized carbons (Fsp3) is 1.00. The molecule has 0 aliphatic rings. The first-order valence-electron chi connectivity index (χ1n) is 7.50. The molecule has 0 aromatic heterocycles. The van der Waals surface area contributed by atoms with E-state index >= 15 is 0 Å². The molecule has 0 bridgehead atoms. The number of alkyl halides is 3. The third-order valence-electron chi connectivity index (χ3n) is 2.40. The second kappa shape index (κ2) is 15.4. The highest BCUT2D eigenvalue weighted by Crippen LogP contribution is 2.32. The lowest BCUT2D eigenvalue weighted by Crippen LogP contribution is -2.57. The maximum absolute atomic E-state index is 12.6. The SMILES string of the molecule is C.C.C.C.C.C.C[Si](C)(C)O[Si](C)(C)O[Si](C)(CCC(F)(F)F)O[Si](C)(C)C. The lowest BCUT2D eigenvalue weighted by Gasteiger charge is -2.41. The number of rotatable bonds is 8. The normalized spacial score (nSPS) is 13.7. The molecular formula is C18H55F3O3Si4. The highest BCUT2D eigenvalue weighted by atomic mass is 28.5. The molecule has 1 unspecified atom stereocenters. The van der Waals surface area contributed by atoms with Crippen LogP contribution < -0.4 is 0 Å². The Hall–Kier alpha value is 0.538. The molecule has 0 aliphatic heterocycles. The van der Waals surface area contributed by atoms with E-state index in [2.05, 4.69) is 19.6 Å². The van der Waals surface area contributed by atoms with Crippen LogP contribution in [-0.2, 0) is 12.3 Å². The average molecular weight is 489 g/mol. The van der Waals surface area contributed by atoms with Crippen molar-refractivity contribution in [2.45, 2.75) is 122 Å². The summed E-state index contributed by atoms with van der Waals surface area (Å²) in [6.07, 6.45) is -5.05. The molecule has 10 heteroatoms. The van der Waals surface area contributed by atoms with Crippen molar-refractivity contribution >= 4 is 33.8 Å². The molecule has 0 rings (SSSR count). The molecule has 0 aromatic carbocycles. The summed E-state index contributed by atoms with van der Waals surface area (Å²) in [5.74, 6) is 0. The molecule has 0 saturated carbocycles. The Bertz CT molecular complexity index is 369. The molecule has 0 aromatic rings. The first-order valence-corrected chi connectivity index (χ1v) is 19.7. The van der Waals surface area contributed by atoms with E-state index in [0.29, 0.717) is 0 Å². The summed E-state index contributed by atoms with van der Waals surface area (Å²) in [6, 6.07) is -0.0771. The van der Waals surface area contributed by atoms with Crippen LogP contribution in [0.4, 0.5) is 13.2 Å². The van der Waals surface area contributed by atoms with Crippen LogP contribution in [0.1, 0.15) is 51.0 Å². The van der Waals surface area contributed by atoms with Crippen molar-refractivity contribution in [3.05, 3.63) is 0 Å². The minimum Gasteiger partial charge on any atom is -0.437 e. The zero-order valence-electron chi connectivity index (χ0n) is 15.3. The Kier molecular flexibility index (Phi) is 25.6. The second-order valence-electron chi connectivity index (χ2n) is 8.18. The van der Waals surface area contributed by atoms with Crippen molar-refractivity contribution < 1.29 is 25.5 Å². The predicted octanol–water partition coefficient (Wildman–Crippen LogP) is 9.25. The summed E-state index contributed by atoms with van der Waals surface area (Å²) in [7, 11) is -9.26. The van der Waals surface area contributed by atoms with Crippen molar-refractivity contribution in [2.24, 2.45) is 0 Å². The first kappa shape index (κ1) is 46.7. The molecule has 0 amide bonds. The van der Waals surface area contributed by atoms with Crippen molar-refractivity contribution in [1.82, 2.24) is 0 Å². The van der Waals surface area contributed by atoms with Crippen LogP contribution in [-0.4, -0.2) is 39.9 Å². The van der Waals surface area contributed by atoms with E-state index in [0.717, 1.165) is 0 Å². The van der Waals surface area contributed by atoms with Gasteiger partial charge in [-0.25, -0.2) is 0 Å². The van der Waals surface area contributed by atoms with Crippen LogP contribution in [0.3, 0.4) is 0 Å². The van der Waals surface area contributed by atoms with Crippen molar-refractivity contribution in [3.63, 3.8) is 0 Å². The average Bonchev–Trinajstić information content (AvgIpc) is 2.04. The standard InChI is InChI=1S/C12H31F3O3Si4.6CH4/c1-19(2,3)16-21(7,8)18-22(9,17-20(4,5)6)11-10-12(13,14)15;;;;;;/h10-11H2,1-9H3;6*1H4. The molecule has 0 radical (unpaired) electrons. The molecule has 0 saturated heterocycles. The van der Waals surface area contributed by atoms with Gasteiger partial charge in [0.25, 0.3) is 0 Å². The van der Waals surface area contributed by atoms with Crippen molar-refractivity contribution in [3.8, 4) is 0 Å². The molecule has 0 N–H and O–H groups in total. The van der Waals surface area contributed by atoms with E-state index in [4.69, 9.17) is 12.3 Å². The van der Waals surface area contributed by atoms with E-state index in [9.17, 15) is 13.2 Å². The minimum atomic E-state index is -4.19. The van der Waals surface area contributed by atoms with Crippen LogP contribution in [0.5, 0.6) is 0 Å². The maximum Gasteiger partial charge on any atom is 0.389 e. The lowest BCUT2D eigenvalue weighted by atomic mass is 10.5. The Morgan fingerprint density at radius 3 is 1.14 bits per heavy atom. The topological polar surface area (TPSA) is 27.7 Å². The zero-order valence-corrected chi connectivity index (χ0v) is 19.3. The van der Waals surface area contributed by atoms with Crippen molar-refractivity contribution in [2.75, 3.05) is 0 Å². The van der Waals surface area contributed by atoms with Gasteiger partial charge in [-0.1, -0.05) is 44.6 Å². The van der Waals surface area contributed by atoms with E-state index in [1.54, 1.807) is 6.55 Å². The van der Waals surface area contributed by atoms with Gasteiger partial charge in [-0.05, 0) is 65.0 Å². The molecule has 0 fully saturated rings. The molecule has 3 nitrogen and oxygen atoms in total. The molecule has 0 heterocycles. The quantitative estimate of drug-likeness (QED) is 0.318. The maximum atomic E-state index is 12.6. The third kappa shape index (κ3) is 26.5. The van der Waals surface area contributed by atoms with E-state index in [-0.39, 0.29) is 50.6 Å². The van der Waals surface area contributed by atoms with Gasteiger partial charge >= 0.3 is 23.3 Å². The second-order valence-corrected chi connectivity index (χ2v) is 24.6. The van der Waals surface area contributed by atoms with Gasteiger partial charge in [-0.15, -0.1) is 0 Å². The molecular weight excluding hydrogens is 434 g/mol. The van der Waals surface area contributed by atoms with E-state index < -0.39 is 46.4 Å².